The first-order chi connectivity index (χ1) is 9.55. The van der Waals surface area contributed by atoms with E-state index in [2.05, 4.69) is 5.32 Å². The van der Waals surface area contributed by atoms with Crippen LogP contribution in [0.5, 0.6) is 5.75 Å². The molecular formula is C14H19N3O3. The van der Waals surface area contributed by atoms with Crippen molar-refractivity contribution in [3.8, 4) is 5.75 Å². The fourth-order valence-corrected chi connectivity index (χ4v) is 2.17. The minimum Gasteiger partial charge on any atom is -0.497 e. The Balaban J connectivity index is 2.37. The van der Waals surface area contributed by atoms with E-state index in [1.807, 2.05) is 0 Å². The standard InChI is InChI=1S/C14H19N3O3/c1-3-13(18)16-11-5-4-10(20-2)7-12(11)17-8-9(15)6-14(17)19/h4-5,7,9H,3,6,8,15H2,1-2H3,(H,16,18). The zero-order valence-electron chi connectivity index (χ0n) is 11.7. The lowest BCUT2D eigenvalue weighted by Gasteiger charge is -2.21. The van der Waals surface area contributed by atoms with Gasteiger partial charge in [0.15, 0.2) is 0 Å². The molecule has 0 bridgehead atoms. The first kappa shape index (κ1) is 14.3. The molecule has 0 saturated carbocycles. The molecule has 3 N–H and O–H groups in total. The molecule has 6 nitrogen and oxygen atoms in total. The summed E-state index contributed by atoms with van der Waals surface area (Å²) in [6.07, 6.45) is 0.692. The molecule has 0 aromatic heterocycles. The monoisotopic (exact) mass is 277 g/mol. The number of ether oxygens (including phenoxy) is 1. The summed E-state index contributed by atoms with van der Waals surface area (Å²) in [6, 6.07) is 5.04. The Morgan fingerprint density at radius 3 is 2.85 bits per heavy atom. The van der Waals surface area contributed by atoms with Crippen molar-refractivity contribution in [2.45, 2.75) is 25.8 Å². The minimum absolute atomic E-state index is 0.0437. The molecule has 1 aliphatic heterocycles. The molecule has 1 saturated heterocycles. The molecule has 1 fully saturated rings. The smallest absolute Gasteiger partial charge is 0.228 e. The number of carbonyl (C=O) groups excluding carboxylic acids is 2. The quantitative estimate of drug-likeness (QED) is 0.863. The lowest BCUT2D eigenvalue weighted by atomic mass is 10.2. The van der Waals surface area contributed by atoms with Crippen LogP contribution < -0.4 is 20.7 Å². The number of rotatable bonds is 4. The highest BCUT2D eigenvalue weighted by atomic mass is 16.5. The van der Waals surface area contributed by atoms with Gasteiger partial charge in [0.1, 0.15) is 5.75 Å². The summed E-state index contributed by atoms with van der Waals surface area (Å²) in [5.74, 6) is 0.480. The molecule has 20 heavy (non-hydrogen) atoms. The normalized spacial score (nSPS) is 18.2. The summed E-state index contributed by atoms with van der Waals surface area (Å²) < 4.78 is 5.18. The maximum absolute atomic E-state index is 12.0. The molecule has 2 amide bonds. The van der Waals surface area contributed by atoms with Gasteiger partial charge in [-0.2, -0.15) is 0 Å². The summed E-state index contributed by atoms with van der Waals surface area (Å²) >= 11 is 0. The number of hydrogen-bond acceptors (Lipinski definition) is 4. The van der Waals surface area contributed by atoms with E-state index in [0.717, 1.165) is 0 Å². The largest absolute Gasteiger partial charge is 0.497 e. The van der Waals surface area contributed by atoms with Crippen LogP contribution in [-0.4, -0.2) is 31.5 Å². The van der Waals surface area contributed by atoms with Crippen molar-refractivity contribution >= 4 is 23.2 Å². The van der Waals surface area contributed by atoms with Gasteiger partial charge in [-0.15, -0.1) is 0 Å². The second kappa shape index (κ2) is 5.92. The number of benzene rings is 1. The lowest BCUT2D eigenvalue weighted by Crippen LogP contribution is -2.29. The maximum Gasteiger partial charge on any atom is 0.228 e. The molecule has 1 aromatic rings. The van der Waals surface area contributed by atoms with Crippen molar-refractivity contribution in [2.75, 3.05) is 23.9 Å². The third kappa shape index (κ3) is 2.91. The molecule has 108 valence electrons. The van der Waals surface area contributed by atoms with Crippen molar-refractivity contribution in [2.24, 2.45) is 5.73 Å². The molecule has 1 unspecified atom stereocenters. The molecule has 0 aliphatic carbocycles. The Morgan fingerprint density at radius 1 is 1.55 bits per heavy atom. The van der Waals surface area contributed by atoms with E-state index in [0.29, 0.717) is 36.5 Å². The van der Waals surface area contributed by atoms with Crippen LogP contribution >= 0.6 is 0 Å². The Labute approximate surface area is 117 Å². The van der Waals surface area contributed by atoms with Crippen LogP contribution in [0.1, 0.15) is 19.8 Å². The molecule has 0 spiro atoms. The van der Waals surface area contributed by atoms with Crippen molar-refractivity contribution in [1.29, 1.82) is 0 Å². The average molecular weight is 277 g/mol. The molecule has 1 atom stereocenters. The van der Waals surface area contributed by atoms with E-state index in [1.165, 1.54) is 0 Å². The predicted octanol–water partition coefficient (Wildman–Crippen LogP) is 1.11. The number of anilines is 2. The second-order valence-electron chi connectivity index (χ2n) is 4.75. The predicted molar refractivity (Wildman–Crippen MR) is 76.9 cm³/mol. The molecule has 0 radical (unpaired) electrons. The van der Waals surface area contributed by atoms with Gasteiger partial charge in [0.05, 0.1) is 18.5 Å². The number of carbonyl (C=O) groups is 2. The second-order valence-corrected chi connectivity index (χ2v) is 4.75. The van der Waals surface area contributed by atoms with Gasteiger partial charge < -0.3 is 20.7 Å². The highest BCUT2D eigenvalue weighted by molar-refractivity contribution is 6.02. The van der Waals surface area contributed by atoms with Gasteiger partial charge in [-0.25, -0.2) is 0 Å². The van der Waals surface area contributed by atoms with Gasteiger partial charge in [0.2, 0.25) is 11.8 Å². The Hall–Kier alpha value is -2.08. The average Bonchev–Trinajstić information content (AvgIpc) is 2.77. The van der Waals surface area contributed by atoms with Crippen LogP contribution in [0.4, 0.5) is 11.4 Å². The van der Waals surface area contributed by atoms with E-state index in [-0.39, 0.29) is 17.9 Å². The van der Waals surface area contributed by atoms with Crippen LogP contribution in [0, 0.1) is 0 Å². The van der Waals surface area contributed by atoms with E-state index >= 15 is 0 Å². The van der Waals surface area contributed by atoms with E-state index in [4.69, 9.17) is 10.5 Å². The summed E-state index contributed by atoms with van der Waals surface area (Å²) in [5.41, 5.74) is 7.05. The van der Waals surface area contributed by atoms with Crippen molar-refractivity contribution < 1.29 is 14.3 Å². The van der Waals surface area contributed by atoms with Crippen LogP contribution in [0.25, 0.3) is 0 Å². The molecular weight excluding hydrogens is 258 g/mol. The number of amides is 2. The maximum atomic E-state index is 12.0. The van der Waals surface area contributed by atoms with Gasteiger partial charge in [-0.05, 0) is 12.1 Å². The highest BCUT2D eigenvalue weighted by Crippen LogP contribution is 2.33. The van der Waals surface area contributed by atoms with Gasteiger partial charge >= 0.3 is 0 Å². The van der Waals surface area contributed by atoms with Crippen molar-refractivity contribution in [1.82, 2.24) is 0 Å². The van der Waals surface area contributed by atoms with Crippen molar-refractivity contribution in [3.63, 3.8) is 0 Å². The summed E-state index contributed by atoms with van der Waals surface area (Å²) in [4.78, 5) is 25.2. The van der Waals surface area contributed by atoms with Gasteiger partial charge in [0.25, 0.3) is 0 Å². The van der Waals surface area contributed by atoms with Crippen molar-refractivity contribution in [3.05, 3.63) is 18.2 Å². The summed E-state index contributed by atoms with van der Waals surface area (Å²) in [7, 11) is 1.56. The molecule has 1 heterocycles. The third-order valence-electron chi connectivity index (χ3n) is 3.25. The van der Waals surface area contributed by atoms with Gasteiger partial charge in [-0.1, -0.05) is 6.92 Å². The molecule has 2 rings (SSSR count). The number of nitrogens with two attached hydrogens (primary N) is 1. The minimum atomic E-state index is -0.177. The Morgan fingerprint density at radius 2 is 2.30 bits per heavy atom. The molecule has 1 aromatic carbocycles. The fraction of sp³-hybridized carbons (Fsp3) is 0.429. The lowest BCUT2D eigenvalue weighted by molar-refractivity contribution is -0.117. The van der Waals surface area contributed by atoms with Gasteiger partial charge in [0, 0.05) is 31.5 Å². The number of nitrogens with one attached hydrogen (secondary N) is 1. The summed E-state index contributed by atoms with van der Waals surface area (Å²) in [6.45, 7) is 2.22. The first-order valence-electron chi connectivity index (χ1n) is 6.59. The first-order valence-corrected chi connectivity index (χ1v) is 6.59. The zero-order chi connectivity index (χ0) is 14.7. The van der Waals surface area contributed by atoms with E-state index in [9.17, 15) is 9.59 Å². The zero-order valence-corrected chi connectivity index (χ0v) is 11.7. The van der Waals surface area contributed by atoms with E-state index < -0.39 is 0 Å². The van der Waals surface area contributed by atoms with Crippen LogP contribution in [0.15, 0.2) is 18.2 Å². The van der Waals surface area contributed by atoms with E-state index in [1.54, 1.807) is 37.1 Å². The topological polar surface area (TPSA) is 84.7 Å². The fourth-order valence-electron chi connectivity index (χ4n) is 2.17. The Bertz CT molecular complexity index is 530. The van der Waals surface area contributed by atoms with Crippen LogP contribution in [0.2, 0.25) is 0 Å². The van der Waals surface area contributed by atoms with Crippen LogP contribution in [-0.2, 0) is 9.59 Å². The molecule has 6 heteroatoms. The molecule has 1 aliphatic rings. The third-order valence-corrected chi connectivity index (χ3v) is 3.25. The summed E-state index contributed by atoms with van der Waals surface area (Å²) in [5, 5.41) is 2.79. The van der Waals surface area contributed by atoms with Gasteiger partial charge in [-0.3, -0.25) is 9.59 Å². The number of hydrogen-bond donors (Lipinski definition) is 2. The number of nitrogens with zero attached hydrogens (tertiary/aromatic N) is 1. The Kier molecular flexibility index (Phi) is 4.24. The SMILES string of the molecule is CCC(=O)Nc1ccc(OC)cc1N1CC(N)CC1=O. The number of methoxy groups -OCH3 is 1. The van der Waals surface area contributed by atoms with Crippen LogP contribution in [0.3, 0.4) is 0 Å². The highest BCUT2D eigenvalue weighted by Gasteiger charge is 2.30.